The smallest absolute Gasteiger partial charge is 0.142 e. The minimum atomic E-state index is -0.733. The van der Waals surface area contributed by atoms with Crippen molar-refractivity contribution in [3.8, 4) is 5.75 Å². The lowest BCUT2D eigenvalue weighted by Gasteiger charge is -2.12. The van der Waals surface area contributed by atoms with Crippen LogP contribution in [0.5, 0.6) is 5.75 Å². The quantitative estimate of drug-likeness (QED) is 0.786. The van der Waals surface area contributed by atoms with Crippen LogP contribution in [-0.2, 0) is 13.7 Å². The maximum absolute atomic E-state index is 10.3. The van der Waals surface area contributed by atoms with Gasteiger partial charge in [-0.15, -0.1) is 0 Å². The van der Waals surface area contributed by atoms with E-state index in [9.17, 15) is 5.11 Å². The maximum Gasteiger partial charge on any atom is 0.142 e. The number of hydrogen-bond acceptors (Lipinski definition) is 3. The average molecular weight is 294 g/mol. The van der Waals surface area contributed by atoms with E-state index in [1.54, 1.807) is 6.20 Å². The molecule has 0 bridgehead atoms. The summed E-state index contributed by atoms with van der Waals surface area (Å²) < 4.78 is 7.55. The van der Waals surface area contributed by atoms with Crippen LogP contribution in [0.15, 0.2) is 67.0 Å². The molecule has 0 spiro atoms. The van der Waals surface area contributed by atoms with Gasteiger partial charge in [0.05, 0.1) is 0 Å². The largest absolute Gasteiger partial charge is 0.489 e. The SMILES string of the molecule is Cn1ccnc1[C@@H](O)c1ccc(OCc2ccccc2)cc1. The van der Waals surface area contributed by atoms with Gasteiger partial charge in [-0.05, 0) is 23.3 Å². The Morgan fingerprint density at radius 1 is 1.09 bits per heavy atom. The van der Waals surface area contributed by atoms with Crippen LogP contribution in [0.3, 0.4) is 0 Å². The number of hydrogen-bond donors (Lipinski definition) is 1. The second-order valence-corrected chi connectivity index (χ2v) is 5.14. The van der Waals surface area contributed by atoms with Crippen molar-refractivity contribution in [3.05, 3.63) is 83.9 Å². The number of aryl methyl sites for hydroxylation is 1. The topological polar surface area (TPSA) is 47.3 Å². The van der Waals surface area contributed by atoms with Gasteiger partial charge in [0.15, 0.2) is 0 Å². The van der Waals surface area contributed by atoms with Crippen molar-refractivity contribution >= 4 is 0 Å². The molecular weight excluding hydrogens is 276 g/mol. The van der Waals surface area contributed by atoms with Crippen molar-refractivity contribution in [1.82, 2.24) is 9.55 Å². The summed E-state index contributed by atoms with van der Waals surface area (Å²) in [5, 5.41) is 10.3. The summed E-state index contributed by atoms with van der Waals surface area (Å²) in [7, 11) is 1.86. The van der Waals surface area contributed by atoms with Crippen molar-refractivity contribution < 1.29 is 9.84 Å². The number of benzene rings is 2. The molecule has 3 aromatic rings. The second kappa shape index (κ2) is 6.45. The summed E-state index contributed by atoms with van der Waals surface area (Å²) in [6.07, 6.45) is 2.76. The lowest BCUT2D eigenvalue weighted by atomic mass is 10.1. The van der Waals surface area contributed by atoms with Gasteiger partial charge in [-0.2, -0.15) is 0 Å². The van der Waals surface area contributed by atoms with Gasteiger partial charge in [-0.3, -0.25) is 0 Å². The van der Waals surface area contributed by atoms with Crippen LogP contribution in [0.1, 0.15) is 23.1 Å². The Kier molecular flexibility index (Phi) is 4.21. The molecule has 2 aromatic carbocycles. The number of aliphatic hydroxyl groups is 1. The molecule has 4 heteroatoms. The van der Waals surface area contributed by atoms with Gasteiger partial charge in [0.25, 0.3) is 0 Å². The van der Waals surface area contributed by atoms with Crippen molar-refractivity contribution in [2.45, 2.75) is 12.7 Å². The van der Waals surface area contributed by atoms with Crippen molar-refractivity contribution in [3.63, 3.8) is 0 Å². The maximum atomic E-state index is 10.3. The zero-order chi connectivity index (χ0) is 15.4. The molecule has 112 valence electrons. The molecule has 0 unspecified atom stereocenters. The van der Waals surface area contributed by atoms with Crippen LogP contribution in [0.4, 0.5) is 0 Å². The molecule has 4 nitrogen and oxygen atoms in total. The Hall–Kier alpha value is -2.59. The van der Waals surface area contributed by atoms with Crippen LogP contribution >= 0.6 is 0 Å². The molecule has 0 radical (unpaired) electrons. The first-order valence-electron chi connectivity index (χ1n) is 7.16. The van der Waals surface area contributed by atoms with E-state index in [0.717, 1.165) is 16.9 Å². The minimum Gasteiger partial charge on any atom is -0.489 e. The predicted molar refractivity (Wildman–Crippen MR) is 84.5 cm³/mol. The molecule has 0 saturated carbocycles. The molecule has 1 N–H and O–H groups in total. The fourth-order valence-corrected chi connectivity index (χ4v) is 2.28. The van der Waals surface area contributed by atoms with Crippen molar-refractivity contribution in [2.24, 2.45) is 7.05 Å². The van der Waals surface area contributed by atoms with E-state index < -0.39 is 6.10 Å². The highest BCUT2D eigenvalue weighted by Gasteiger charge is 2.14. The van der Waals surface area contributed by atoms with E-state index in [-0.39, 0.29) is 0 Å². The summed E-state index contributed by atoms with van der Waals surface area (Å²) in [6.45, 7) is 0.530. The first kappa shape index (κ1) is 14.4. The first-order chi connectivity index (χ1) is 10.7. The normalized spacial score (nSPS) is 12.1. The fourth-order valence-electron chi connectivity index (χ4n) is 2.28. The van der Waals surface area contributed by atoms with Gasteiger partial charge in [0, 0.05) is 19.4 Å². The van der Waals surface area contributed by atoms with Crippen LogP contribution < -0.4 is 4.74 Å². The number of aromatic nitrogens is 2. The molecule has 0 aliphatic rings. The Morgan fingerprint density at radius 2 is 1.82 bits per heavy atom. The molecule has 1 aromatic heterocycles. The molecule has 22 heavy (non-hydrogen) atoms. The molecule has 0 amide bonds. The van der Waals surface area contributed by atoms with Gasteiger partial charge in [-0.25, -0.2) is 4.98 Å². The highest BCUT2D eigenvalue weighted by Crippen LogP contribution is 2.23. The monoisotopic (exact) mass is 294 g/mol. The standard InChI is InChI=1S/C18H18N2O2/c1-20-12-11-19-18(20)17(21)15-7-9-16(10-8-15)22-13-14-5-3-2-4-6-14/h2-12,17,21H,13H2,1H3/t17-/m0/s1. The van der Waals surface area contributed by atoms with E-state index in [4.69, 9.17) is 4.74 Å². The molecule has 1 atom stereocenters. The summed E-state index contributed by atoms with van der Waals surface area (Å²) in [4.78, 5) is 4.17. The van der Waals surface area contributed by atoms with Gasteiger partial charge >= 0.3 is 0 Å². The second-order valence-electron chi connectivity index (χ2n) is 5.14. The van der Waals surface area contributed by atoms with Gasteiger partial charge in [0.1, 0.15) is 24.3 Å². The summed E-state index contributed by atoms with van der Waals surface area (Å²) in [5.74, 6) is 1.40. The Morgan fingerprint density at radius 3 is 2.45 bits per heavy atom. The lowest BCUT2D eigenvalue weighted by molar-refractivity contribution is 0.206. The summed E-state index contributed by atoms with van der Waals surface area (Å²) >= 11 is 0. The minimum absolute atomic E-state index is 0.530. The lowest BCUT2D eigenvalue weighted by Crippen LogP contribution is -2.06. The van der Waals surface area contributed by atoms with Crippen LogP contribution in [-0.4, -0.2) is 14.7 Å². The molecule has 0 aliphatic carbocycles. The van der Waals surface area contributed by atoms with E-state index in [1.165, 1.54) is 0 Å². The number of imidazole rings is 1. The zero-order valence-electron chi connectivity index (χ0n) is 12.4. The van der Waals surface area contributed by atoms with Crippen LogP contribution in [0.25, 0.3) is 0 Å². The highest BCUT2D eigenvalue weighted by molar-refractivity contribution is 5.31. The Labute approximate surface area is 129 Å². The fraction of sp³-hybridized carbons (Fsp3) is 0.167. The third-order valence-corrected chi connectivity index (χ3v) is 3.55. The number of aliphatic hydroxyl groups excluding tert-OH is 1. The third-order valence-electron chi connectivity index (χ3n) is 3.55. The molecule has 0 fully saturated rings. The molecule has 1 heterocycles. The highest BCUT2D eigenvalue weighted by atomic mass is 16.5. The molecule has 0 saturated heterocycles. The van der Waals surface area contributed by atoms with Gasteiger partial charge in [0.2, 0.25) is 0 Å². The summed E-state index contributed by atoms with van der Waals surface area (Å²) in [6, 6.07) is 17.5. The summed E-state index contributed by atoms with van der Waals surface area (Å²) in [5.41, 5.74) is 1.92. The number of rotatable bonds is 5. The van der Waals surface area contributed by atoms with Crippen molar-refractivity contribution in [1.29, 1.82) is 0 Å². The number of ether oxygens (including phenoxy) is 1. The Balaban J connectivity index is 1.66. The van der Waals surface area contributed by atoms with Gasteiger partial charge in [-0.1, -0.05) is 42.5 Å². The number of nitrogens with zero attached hydrogens (tertiary/aromatic N) is 2. The molecule has 0 aliphatic heterocycles. The zero-order valence-corrected chi connectivity index (χ0v) is 12.4. The van der Waals surface area contributed by atoms with Crippen LogP contribution in [0, 0.1) is 0 Å². The van der Waals surface area contributed by atoms with E-state index >= 15 is 0 Å². The van der Waals surface area contributed by atoms with E-state index in [1.807, 2.05) is 72.4 Å². The van der Waals surface area contributed by atoms with Crippen molar-refractivity contribution in [2.75, 3.05) is 0 Å². The van der Waals surface area contributed by atoms with Crippen LogP contribution in [0.2, 0.25) is 0 Å². The van der Waals surface area contributed by atoms with E-state index in [0.29, 0.717) is 12.4 Å². The Bertz CT molecular complexity index is 720. The van der Waals surface area contributed by atoms with Gasteiger partial charge < -0.3 is 14.4 Å². The molecule has 3 rings (SSSR count). The first-order valence-corrected chi connectivity index (χ1v) is 7.16. The predicted octanol–water partition coefficient (Wildman–Crippen LogP) is 3.08. The molecular formula is C18H18N2O2. The third kappa shape index (κ3) is 3.18. The van der Waals surface area contributed by atoms with E-state index in [2.05, 4.69) is 4.98 Å². The average Bonchev–Trinajstić information content (AvgIpc) is 3.00.